The molecule has 10 heteroatoms. The first-order chi connectivity index (χ1) is 11.2. The maximum atomic E-state index is 12.3. The van der Waals surface area contributed by atoms with E-state index in [0.29, 0.717) is 5.89 Å². The number of hydrogen-bond donors (Lipinski definition) is 1. The van der Waals surface area contributed by atoms with Crippen molar-refractivity contribution in [1.82, 2.24) is 20.2 Å². The summed E-state index contributed by atoms with van der Waals surface area (Å²) in [6.07, 6.45) is 1.29. The van der Waals surface area contributed by atoms with Crippen molar-refractivity contribution < 1.29 is 18.7 Å². The fourth-order valence-electron chi connectivity index (χ4n) is 1.70. The Balaban J connectivity index is 1.79. The van der Waals surface area contributed by atoms with Gasteiger partial charge in [-0.25, -0.2) is 4.98 Å². The van der Waals surface area contributed by atoms with Crippen LogP contribution in [0, 0.1) is 0 Å². The number of methoxy groups -OCH3 is 2. The molecule has 0 aliphatic carbocycles. The van der Waals surface area contributed by atoms with E-state index >= 15 is 0 Å². The largest absolute Gasteiger partial charge is 0.480 e. The molecule has 0 aliphatic heterocycles. The standard InChI is InChI=1S/C13H11N5O4S/c1-20-10-7(6-14-12(16-10)21-2)9(19)15-13-18-17-11(22-13)8-4-3-5-23-8/h3-6H,1-2H3,(H,15,18,19). The lowest BCUT2D eigenvalue weighted by Crippen LogP contribution is -2.15. The lowest BCUT2D eigenvalue weighted by atomic mass is 10.3. The summed E-state index contributed by atoms with van der Waals surface area (Å²) in [6.45, 7) is 0. The summed E-state index contributed by atoms with van der Waals surface area (Å²) in [5.41, 5.74) is 0.115. The van der Waals surface area contributed by atoms with E-state index in [1.807, 2.05) is 17.5 Å². The number of ether oxygens (including phenoxy) is 2. The number of aromatic nitrogens is 4. The number of nitrogens with one attached hydrogen (secondary N) is 1. The van der Waals surface area contributed by atoms with Gasteiger partial charge >= 0.3 is 12.0 Å². The minimum Gasteiger partial charge on any atom is -0.480 e. The molecule has 3 rings (SSSR count). The van der Waals surface area contributed by atoms with Crippen molar-refractivity contribution in [3.8, 4) is 22.7 Å². The average molecular weight is 333 g/mol. The molecule has 0 saturated heterocycles. The molecule has 0 unspecified atom stereocenters. The highest BCUT2D eigenvalue weighted by atomic mass is 32.1. The first-order valence-electron chi connectivity index (χ1n) is 6.35. The summed E-state index contributed by atoms with van der Waals surface area (Å²) >= 11 is 1.45. The molecule has 0 saturated carbocycles. The van der Waals surface area contributed by atoms with Gasteiger partial charge in [0.2, 0.25) is 5.88 Å². The molecule has 0 spiro atoms. The fraction of sp³-hybridized carbons (Fsp3) is 0.154. The van der Waals surface area contributed by atoms with Crippen LogP contribution in [0.5, 0.6) is 11.9 Å². The average Bonchev–Trinajstić information content (AvgIpc) is 3.25. The predicted octanol–water partition coefficient (Wildman–Crippen LogP) is 1.86. The van der Waals surface area contributed by atoms with E-state index in [4.69, 9.17) is 13.9 Å². The summed E-state index contributed by atoms with van der Waals surface area (Å²) in [6, 6.07) is 3.76. The topological polar surface area (TPSA) is 112 Å². The second kappa shape index (κ2) is 6.40. The van der Waals surface area contributed by atoms with Gasteiger partial charge in [0.1, 0.15) is 5.56 Å². The van der Waals surface area contributed by atoms with Gasteiger partial charge in [-0.15, -0.1) is 16.4 Å². The molecule has 23 heavy (non-hydrogen) atoms. The maximum Gasteiger partial charge on any atom is 0.322 e. The Morgan fingerprint density at radius 3 is 2.87 bits per heavy atom. The third-order valence-corrected chi connectivity index (χ3v) is 3.59. The number of amides is 1. The van der Waals surface area contributed by atoms with Crippen LogP contribution in [0.3, 0.4) is 0 Å². The van der Waals surface area contributed by atoms with Crippen LogP contribution in [0.1, 0.15) is 10.4 Å². The van der Waals surface area contributed by atoms with Gasteiger partial charge in [-0.2, -0.15) is 4.98 Å². The number of hydrogen-bond acceptors (Lipinski definition) is 9. The molecule has 0 atom stereocenters. The highest BCUT2D eigenvalue weighted by Crippen LogP contribution is 2.25. The van der Waals surface area contributed by atoms with Gasteiger partial charge in [-0.1, -0.05) is 11.2 Å². The summed E-state index contributed by atoms with van der Waals surface area (Å²) in [5, 5.41) is 12.0. The summed E-state index contributed by atoms with van der Waals surface area (Å²) in [7, 11) is 2.80. The van der Waals surface area contributed by atoms with Crippen molar-refractivity contribution in [2.45, 2.75) is 0 Å². The van der Waals surface area contributed by atoms with Crippen molar-refractivity contribution in [2.24, 2.45) is 0 Å². The minimum absolute atomic E-state index is 0.0312. The lowest BCUT2D eigenvalue weighted by molar-refractivity contribution is 0.102. The number of anilines is 1. The maximum absolute atomic E-state index is 12.3. The van der Waals surface area contributed by atoms with Gasteiger partial charge in [0.15, 0.2) is 0 Å². The molecule has 1 N–H and O–H groups in total. The molecule has 3 aromatic heterocycles. The third-order valence-electron chi connectivity index (χ3n) is 2.73. The van der Waals surface area contributed by atoms with Crippen LogP contribution in [0.4, 0.5) is 6.01 Å². The van der Waals surface area contributed by atoms with Gasteiger partial charge in [-0.05, 0) is 11.4 Å². The van der Waals surface area contributed by atoms with Gasteiger partial charge in [0.25, 0.3) is 11.8 Å². The predicted molar refractivity (Wildman–Crippen MR) is 80.7 cm³/mol. The van der Waals surface area contributed by atoms with Crippen LogP contribution in [-0.2, 0) is 0 Å². The van der Waals surface area contributed by atoms with Gasteiger partial charge in [-0.3, -0.25) is 10.1 Å². The number of nitrogens with zero attached hydrogens (tertiary/aromatic N) is 4. The van der Waals surface area contributed by atoms with E-state index in [9.17, 15) is 4.79 Å². The molecule has 0 fully saturated rings. The van der Waals surface area contributed by atoms with Crippen LogP contribution in [0.15, 0.2) is 28.1 Å². The zero-order valence-electron chi connectivity index (χ0n) is 12.1. The molecule has 3 aromatic rings. The van der Waals surface area contributed by atoms with Gasteiger partial charge in [0.05, 0.1) is 25.3 Å². The number of rotatable bonds is 5. The second-order valence-electron chi connectivity index (χ2n) is 4.12. The molecule has 118 valence electrons. The van der Waals surface area contributed by atoms with Crippen LogP contribution >= 0.6 is 11.3 Å². The molecular formula is C13H11N5O4S. The van der Waals surface area contributed by atoms with Crippen molar-refractivity contribution in [3.63, 3.8) is 0 Å². The van der Waals surface area contributed by atoms with Crippen molar-refractivity contribution in [1.29, 1.82) is 0 Å². The Morgan fingerprint density at radius 2 is 2.17 bits per heavy atom. The molecule has 0 aliphatic rings. The quantitative estimate of drug-likeness (QED) is 0.753. The first-order valence-corrected chi connectivity index (χ1v) is 7.23. The Morgan fingerprint density at radius 1 is 1.30 bits per heavy atom. The van der Waals surface area contributed by atoms with Crippen LogP contribution in [0.25, 0.3) is 10.8 Å². The summed E-state index contributed by atoms with van der Waals surface area (Å²) in [4.78, 5) is 20.9. The summed E-state index contributed by atoms with van der Waals surface area (Å²) in [5.74, 6) is -0.133. The van der Waals surface area contributed by atoms with E-state index in [1.165, 1.54) is 31.8 Å². The zero-order chi connectivity index (χ0) is 16.2. The van der Waals surface area contributed by atoms with Gasteiger partial charge < -0.3 is 13.9 Å². The number of thiophene rings is 1. The number of carbonyl (C=O) groups excluding carboxylic acids is 1. The SMILES string of the molecule is COc1ncc(C(=O)Nc2nnc(-c3cccs3)o2)c(OC)n1. The molecule has 3 heterocycles. The van der Waals surface area contributed by atoms with Gasteiger partial charge in [0, 0.05) is 0 Å². The summed E-state index contributed by atoms with van der Waals surface area (Å²) < 4.78 is 15.3. The Bertz CT molecular complexity index is 818. The molecule has 0 bridgehead atoms. The smallest absolute Gasteiger partial charge is 0.322 e. The Hall–Kier alpha value is -3.01. The second-order valence-corrected chi connectivity index (χ2v) is 5.07. The van der Waals surface area contributed by atoms with E-state index in [1.54, 1.807) is 0 Å². The number of carbonyl (C=O) groups is 1. The van der Waals surface area contributed by atoms with Crippen molar-refractivity contribution in [3.05, 3.63) is 29.3 Å². The fourth-order valence-corrected chi connectivity index (χ4v) is 2.34. The van der Waals surface area contributed by atoms with Crippen LogP contribution in [-0.4, -0.2) is 40.3 Å². The van der Waals surface area contributed by atoms with Crippen molar-refractivity contribution >= 4 is 23.3 Å². The highest BCUT2D eigenvalue weighted by molar-refractivity contribution is 7.13. The van der Waals surface area contributed by atoms with E-state index in [-0.39, 0.29) is 23.5 Å². The van der Waals surface area contributed by atoms with E-state index in [0.717, 1.165) is 4.88 Å². The zero-order valence-corrected chi connectivity index (χ0v) is 13.0. The lowest BCUT2D eigenvalue weighted by Gasteiger charge is -2.06. The molecular weight excluding hydrogens is 322 g/mol. The molecule has 9 nitrogen and oxygen atoms in total. The monoisotopic (exact) mass is 333 g/mol. The van der Waals surface area contributed by atoms with Crippen molar-refractivity contribution in [2.75, 3.05) is 19.5 Å². The Kier molecular flexibility index (Phi) is 4.15. The molecule has 0 radical (unpaired) electrons. The third kappa shape index (κ3) is 3.11. The minimum atomic E-state index is -0.536. The van der Waals surface area contributed by atoms with E-state index < -0.39 is 5.91 Å². The van der Waals surface area contributed by atoms with Crippen LogP contribution in [0.2, 0.25) is 0 Å². The van der Waals surface area contributed by atoms with Crippen LogP contribution < -0.4 is 14.8 Å². The molecule has 0 aromatic carbocycles. The molecule has 1 amide bonds. The van der Waals surface area contributed by atoms with E-state index in [2.05, 4.69) is 25.5 Å². The highest BCUT2D eigenvalue weighted by Gasteiger charge is 2.19. The Labute approximate surface area is 134 Å². The normalized spacial score (nSPS) is 10.3. The first kappa shape index (κ1) is 14.9.